The highest BCUT2D eigenvalue weighted by Gasteiger charge is 1.88. The van der Waals surface area contributed by atoms with Crippen LogP contribution in [0.4, 0.5) is 0 Å². The molecule has 0 aromatic heterocycles. The predicted octanol–water partition coefficient (Wildman–Crippen LogP) is 5.23. The smallest absolute Gasteiger partial charge is 0.0348 e. The number of rotatable bonds is 10. The zero-order chi connectivity index (χ0) is 11.2. The first-order valence-corrected chi connectivity index (χ1v) is 6.27. The van der Waals surface area contributed by atoms with Crippen molar-refractivity contribution in [1.82, 2.24) is 0 Å². The molecule has 1 radical (unpaired) electrons. The molecule has 0 nitrogen and oxygen atoms in total. The summed E-state index contributed by atoms with van der Waals surface area (Å²) in [4.78, 5) is 0. The first kappa shape index (κ1) is 14.2. The highest BCUT2D eigenvalue weighted by atomic mass is 13.9. The van der Waals surface area contributed by atoms with E-state index in [1.54, 1.807) is 6.08 Å². The van der Waals surface area contributed by atoms with Gasteiger partial charge in [-0.3, -0.25) is 0 Å². The van der Waals surface area contributed by atoms with Crippen LogP contribution >= 0.6 is 0 Å². The van der Waals surface area contributed by atoms with Gasteiger partial charge in [-0.25, -0.2) is 0 Å². The maximum Gasteiger partial charge on any atom is -0.0348 e. The third kappa shape index (κ3) is 13.2. The van der Waals surface area contributed by atoms with Gasteiger partial charge in [0, 0.05) is 0 Å². The zero-order valence-corrected chi connectivity index (χ0v) is 10.1. The number of hydrogen-bond acceptors (Lipinski definition) is 0. The van der Waals surface area contributed by atoms with Gasteiger partial charge in [-0.15, -0.1) is 0 Å². The third-order valence-corrected chi connectivity index (χ3v) is 2.39. The second kappa shape index (κ2) is 13.2. The Morgan fingerprint density at radius 3 is 2.00 bits per heavy atom. The maximum atomic E-state index is 5.23. The van der Waals surface area contributed by atoms with Gasteiger partial charge in [0.25, 0.3) is 0 Å². The van der Waals surface area contributed by atoms with E-state index in [2.05, 4.69) is 25.2 Å². The first-order chi connectivity index (χ1) is 7.41. The van der Waals surface area contributed by atoms with Gasteiger partial charge in [-0.05, 0) is 32.1 Å². The molecule has 0 bridgehead atoms. The summed E-state index contributed by atoms with van der Waals surface area (Å²) < 4.78 is 0. The monoisotopic (exact) mass is 205 g/mol. The molecular formula is C15H25. The molecule has 85 valence electrons. The Morgan fingerprint density at radius 2 is 1.40 bits per heavy atom. The Balaban J connectivity index is 3.01. The van der Waals surface area contributed by atoms with Crippen LogP contribution in [0.5, 0.6) is 0 Å². The molecule has 15 heavy (non-hydrogen) atoms. The van der Waals surface area contributed by atoms with Gasteiger partial charge in [-0.2, -0.15) is 0 Å². The molecule has 0 heterocycles. The standard InChI is InChI=1S/C15H25/c1-3-5-7-9-11-13-15-14-12-10-8-6-4-2/h1,3,5-8H,4,9-15H2,2H3. The molecule has 0 amide bonds. The lowest BCUT2D eigenvalue weighted by Crippen LogP contribution is -1.78. The van der Waals surface area contributed by atoms with Crippen LogP contribution in [-0.2, 0) is 0 Å². The second-order valence-electron chi connectivity index (χ2n) is 3.85. The van der Waals surface area contributed by atoms with Crippen molar-refractivity contribution in [3.63, 3.8) is 0 Å². The van der Waals surface area contributed by atoms with E-state index < -0.39 is 0 Å². The van der Waals surface area contributed by atoms with Crippen molar-refractivity contribution >= 4 is 0 Å². The summed E-state index contributed by atoms with van der Waals surface area (Å²) >= 11 is 0. The van der Waals surface area contributed by atoms with E-state index >= 15 is 0 Å². The highest BCUT2D eigenvalue weighted by molar-refractivity contribution is 4.95. The van der Waals surface area contributed by atoms with Crippen molar-refractivity contribution in [2.45, 2.75) is 58.3 Å². The minimum atomic E-state index is 1.17. The molecule has 0 aromatic carbocycles. The van der Waals surface area contributed by atoms with Gasteiger partial charge >= 0.3 is 0 Å². The quantitative estimate of drug-likeness (QED) is 0.260. The summed E-state index contributed by atoms with van der Waals surface area (Å²) in [6.07, 6.45) is 20.6. The van der Waals surface area contributed by atoms with Gasteiger partial charge in [-0.1, -0.05) is 63.1 Å². The van der Waals surface area contributed by atoms with Crippen molar-refractivity contribution in [3.8, 4) is 0 Å². The second-order valence-corrected chi connectivity index (χ2v) is 3.85. The molecule has 0 aromatic rings. The van der Waals surface area contributed by atoms with Crippen LogP contribution in [0.1, 0.15) is 58.3 Å². The molecule has 0 aliphatic heterocycles. The maximum absolute atomic E-state index is 5.23. The molecule has 0 aliphatic rings. The molecule has 0 heteroatoms. The van der Waals surface area contributed by atoms with Crippen molar-refractivity contribution in [2.75, 3.05) is 0 Å². The molecule has 0 aliphatic carbocycles. The Labute approximate surface area is 95.8 Å². The summed E-state index contributed by atoms with van der Waals surface area (Å²) in [5.74, 6) is 0. The molecule has 0 fully saturated rings. The van der Waals surface area contributed by atoms with E-state index in [0.29, 0.717) is 0 Å². The van der Waals surface area contributed by atoms with Crippen LogP contribution in [0.25, 0.3) is 0 Å². The van der Waals surface area contributed by atoms with Crippen LogP contribution < -0.4 is 0 Å². The summed E-state index contributed by atoms with van der Waals surface area (Å²) in [5, 5.41) is 0. The topological polar surface area (TPSA) is 0 Å². The SMILES string of the molecule is [CH]=CC=CCCCCCCCC=CCC. The van der Waals surface area contributed by atoms with E-state index in [1.807, 2.05) is 6.08 Å². The van der Waals surface area contributed by atoms with Crippen LogP contribution in [-0.4, -0.2) is 0 Å². The predicted molar refractivity (Wildman–Crippen MR) is 69.8 cm³/mol. The molecule has 0 saturated carbocycles. The summed E-state index contributed by atoms with van der Waals surface area (Å²) in [6, 6.07) is 0. The minimum Gasteiger partial charge on any atom is -0.0888 e. The van der Waals surface area contributed by atoms with Gasteiger partial charge in [0.2, 0.25) is 0 Å². The summed E-state index contributed by atoms with van der Waals surface area (Å²) in [6.45, 7) is 7.41. The molecular weight excluding hydrogens is 180 g/mol. The fourth-order valence-electron chi connectivity index (χ4n) is 1.51. The molecule has 0 saturated heterocycles. The first-order valence-electron chi connectivity index (χ1n) is 6.27. The van der Waals surface area contributed by atoms with E-state index in [1.165, 1.54) is 51.4 Å². The summed E-state index contributed by atoms with van der Waals surface area (Å²) in [7, 11) is 0. The molecule has 0 atom stereocenters. The lowest BCUT2D eigenvalue weighted by atomic mass is 10.1. The van der Waals surface area contributed by atoms with E-state index in [0.717, 1.165) is 0 Å². The fraction of sp³-hybridized carbons (Fsp3) is 0.600. The van der Waals surface area contributed by atoms with Gasteiger partial charge < -0.3 is 0 Å². The highest BCUT2D eigenvalue weighted by Crippen LogP contribution is 2.08. The van der Waals surface area contributed by atoms with E-state index in [4.69, 9.17) is 6.58 Å². The Bertz CT molecular complexity index is 174. The third-order valence-electron chi connectivity index (χ3n) is 2.39. The Kier molecular flexibility index (Phi) is 12.5. The lowest BCUT2D eigenvalue weighted by molar-refractivity contribution is 0.622. The van der Waals surface area contributed by atoms with Crippen molar-refractivity contribution in [2.24, 2.45) is 0 Å². The Morgan fingerprint density at radius 1 is 0.800 bits per heavy atom. The van der Waals surface area contributed by atoms with Gasteiger partial charge in [0.15, 0.2) is 0 Å². The van der Waals surface area contributed by atoms with Crippen LogP contribution in [0.2, 0.25) is 0 Å². The average molecular weight is 205 g/mol. The van der Waals surface area contributed by atoms with Crippen molar-refractivity contribution < 1.29 is 0 Å². The zero-order valence-electron chi connectivity index (χ0n) is 10.1. The van der Waals surface area contributed by atoms with Gasteiger partial charge in [0.1, 0.15) is 0 Å². The fourth-order valence-corrected chi connectivity index (χ4v) is 1.51. The normalized spacial score (nSPS) is 11.5. The minimum absolute atomic E-state index is 1.17. The van der Waals surface area contributed by atoms with Crippen LogP contribution in [0.15, 0.2) is 30.4 Å². The Hall–Kier alpha value is -0.780. The molecule has 0 spiro atoms. The van der Waals surface area contributed by atoms with Crippen molar-refractivity contribution in [1.29, 1.82) is 0 Å². The lowest BCUT2D eigenvalue weighted by Gasteiger charge is -1.97. The average Bonchev–Trinajstić information content (AvgIpc) is 2.26. The number of hydrogen-bond donors (Lipinski definition) is 0. The number of unbranched alkanes of at least 4 members (excludes halogenated alkanes) is 6. The largest absolute Gasteiger partial charge is 0.0888 e. The summed E-state index contributed by atoms with van der Waals surface area (Å²) in [5.41, 5.74) is 0. The van der Waals surface area contributed by atoms with Gasteiger partial charge in [0.05, 0.1) is 0 Å². The number of allylic oxidation sites excluding steroid dienone is 5. The molecule has 0 unspecified atom stereocenters. The molecule has 0 rings (SSSR count). The van der Waals surface area contributed by atoms with Crippen LogP contribution in [0.3, 0.4) is 0 Å². The van der Waals surface area contributed by atoms with E-state index in [-0.39, 0.29) is 0 Å². The van der Waals surface area contributed by atoms with Crippen LogP contribution in [0, 0.1) is 6.58 Å². The van der Waals surface area contributed by atoms with Crippen molar-refractivity contribution in [3.05, 3.63) is 37.0 Å². The molecule has 0 N–H and O–H groups in total. The van der Waals surface area contributed by atoms with E-state index in [9.17, 15) is 0 Å².